The van der Waals surface area contributed by atoms with E-state index in [-0.39, 0.29) is 29.5 Å². The van der Waals surface area contributed by atoms with Crippen LogP contribution in [0.5, 0.6) is 17.2 Å². The van der Waals surface area contributed by atoms with Gasteiger partial charge in [-0.15, -0.1) is 0 Å². The molecule has 0 saturated carbocycles. The van der Waals surface area contributed by atoms with Gasteiger partial charge in [0.25, 0.3) is 0 Å². The maximum absolute atomic E-state index is 12.7. The van der Waals surface area contributed by atoms with Crippen molar-refractivity contribution in [2.75, 3.05) is 27.4 Å². The van der Waals surface area contributed by atoms with E-state index in [1.54, 1.807) is 6.07 Å². The van der Waals surface area contributed by atoms with Crippen molar-refractivity contribution in [2.24, 2.45) is 0 Å². The van der Waals surface area contributed by atoms with Crippen LogP contribution in [0, 0.1) is 0 Å². The molecule has 0 bridgehead atoms. The van der Waals surface area contributed by atoms with Crippen LogP contribution < -0.4 is 18.9 Å². The second-order valence-electron chi connectivity index (χ2n) is 5.29. The van der Waals surface area contributed by atoms with Gasteiger partial charge in [-0.25, -0.2) is 13.1 Å². The molecule has 2 aromatic carbocycles. The number of benzene rings is 2. The average Bonchev–Trinajstić information content (AvgIpc) is 2.64. The number of nitrogens with one attached hydrogen (secondary N) is 1. The number of sulfonamides is 1. The SMILES string of the molecule is COc1ccc(OC)c(S(=O)(=O)NCCOc2cccc(C(F)(F)F)c2)c1. The van der Waals surface area contributed by atoms with Gasteiger partial charge >= 0.3 is 6.18 Å². The van der Waals surface area contributed by atoms with E-state index >= 15 is 0 Å². The number of ether oxygens (including phenoxy) is 3. The van der Waals surface area contributed by atoms with Gasteiger partial charge in [-0.05, 0) is 30.3 Å². The van der Waals surface area contributed by atoms with Crippen molar-refractivity contribution in [3.63, 3.8) is 0 Å². The molecule has 0 aliphatic rings. The van der Waals surface area contributed by atoms with E-state index in [2.05, 4.69) is 4.72 Å². The monoisotopic (exact) mass is 405 g/mol. The van der Waals surface area contributed by atoms with Crippen molar-refractivity contribution in [3.05, 3.63) is 48.0 Å². The molecule has 0 heterocycles. The van der Waals surface area contributed by atoms with Crippen LogP contribution >= 0.6 is 0 Å². The van der Waals surface area contributed by atoms with Crippen LogP contribution in [0.15, 0.2) is 47.4 Å². The summed E-state index contributed by atoms with van der Waals surface area (Å²) in [5, 5.41) is 0. The molecule has 2 rings (SSSR count). The zero-order chi connectivity index (χ0) is 20.1. The lowest BCUT2D eigenvalue weighted by atomic mass is 10.2. The minimum Gasteiger partial charge on any atom is -0.497 e. The Morgan fingerprint density at radius 3 is 2.37 bits per heavy atom. The second kappa shape index (κ2) is 8.49. The number of rotatable bonds is 8. The van der Waals surface area contributed by atoms with E-state index in [0.29, 0.717) is 5.75 Å². The molecule has 0 atom stereocenters. The Labute approximate surface area is 154 Å². The summed E-state index contributed by atoms with van der Waals surface area (Å²) in [4.78, 5) is -0.122. The normalized spacial score (nSPS) is 11.9. The van der Waals surface area contributed by atoms with Gasteiger partial charge in [0.1, 0.15) is 28.8 Å². The maximum Gasteiger partial charge on any atom is 0.416 e. The predicted octanol–water partition coefficient (Wildman–Crippen LogP) is 3.08. The standard InChI is InChI=1S/C17H18F3NO5S/c1-24-13-6-7-15(25-2)16(11-13)27(22,23)21-8-9-26-14-5-3-4-12(10-14)17(18,19)20/h3-7,10-11,21H,8-9H2,1-2H3. The van der Waals surface area contributed by atoms with Crippen LogP contribution in [0.1, 0.15) is 5.56 Å². The van der Waals surface area contributed by atoms with E-state index in [4.69, 9.17) is 14.2 Å². The van der Waals surface area contributed by atoms with Crippen molar-refractivity contribution in [3.8, 4) is 17.2 Å². The summed E-state index contributed by atoms with van der Waals surface area (Å²) in [5.41, 5.74) is -0.846. The molecule has 0 radical (unpaired) electrons. The van der Waals surface area contributed by atoms with Crippen molar-refractivity contribution in [1.29, 1.82) is 0 Å². The lowest BCUT2D eigenvalue weighted by molar-refractivity contribution is -0.137. The third-order valence-electron chi connectivity index (χ3n) is 3.48. The zero-order valence-corrected chi connectivity index (χ0v) is 15.4. The van der Waals surface area contributed by atoms with Crippen LogP contribution in [-0.4, -0.2) is 35.8 Å². The highest BCUT2D eigenvalue weighted by atomic mass is 32.2. The van der Waals surface area contributed by atoms with Gasteiger partial charge in [0, 0.05) is 12.6 Å². The summed E-state index contributed by atoms with van der Waals surface area (Å²) >= 11 is 0. The predicted molar refractivity (Wildman–Crippen MR) is 91.7 cm³/mol. The van der Waals surface area contributed by atoms with E-state index in [1.165, 1.54) is 38.5 Å². The van der Waals surface area contributed by atoms with Crippen LogP contribution in [0.25, 0.3) is 0 Å². The smallest absolute Gasteiger partial charge is 0.416 e. The van der Waals surface area contributed by atoms with Crippen molar-refractivity contribution in [1.82, 2.24) is 4.72 Å². The highest BCUT2D eigenvalue weighted by Crippen LogP contribution is 2.31. The average molecular weight is 405 g/mol. The lowest BCUT2D eigenvalue weighted by Gasteiger charge is -2.13. The van der Waals surface area contributed by atoms with Gasteiger partial charge in [-0.2, -0.15) is 13.2 Å². The fourth-order valence-electron chi connectivity index (χ4n) is 2.18. The third-order valence-corrected chi connectivity index (χ3v) is 4.97. The number of methoxy groups -OCH3 is 2. The highest BCUT2D eigenvalue weighted by Gasteiger charge is 2.30. The molecular formula is C17H18F3NO5S. The zero-order valence-electron chi connectivity index (χ0n) is 14.5. The molecule has 1 N–H and O–H groups in total. The summed E-state index contributed by atoms with van der Waals surface area (Å²) in [6, 6.07) is 8.64. The topological polar surface area (TPSA) is 73.9 Å². The Bertz CT molecular complexity index is 884. The Morgan fingerprint density at radius 2 is 1.74 bits per heavy atom. The largest absolute Gasteiger partial charge is 0.497 e. The number of halogens is 3. The first-order valence-corrected chi connectivity index (χ1v) is 9.17. The number of hydrogen-bond donors (Lipinski definition) is 1. The Hall–Kier alpha value is -2.46. The maximum atomic E-state index is 12.7. The fourth-order valence-corrected chi connectivity index (χ4v) is 3.37. The Morgan fingerprint density at radius 1 is 1.00 bits per heavy atom. The molecule has 0 saturated heterocycles. The fraction of sp³-hybridized carbons (Fsp3) is 0.294. The number of hydrogen-bond acceptors (Lipinski definition) is 5. The second-order valence-corrected chi connectivity index (χ2v) is 7.02. The van der Waals surface area contributed by atoms with E-state index < -0.39 is 21.8 Å². The minimum absolute atomic E-state index is 0.0111. The Kier molecular flexibility index (Phi) is 6.55. The quantitative estimate of drug-likeness (QED) is 0.684. The van der Waals surface area contributed by atoms with Gasteiger partial charge in [-0.3, -0.25) is 0 Å². The van der Waals surface area contributed by atoms with E-state index in [9.17, 15) is 21.6 Å². The molecule has 0 aliphatic carbocycles. The van der Waals surface area contributed by atoms with Gasteiger partial charge in [0.05, 0.1) is 19.8 Å². The van der Waals surface area contributed by atoms with Gasteiger partial charge < -0.3 is 14.2 Å². The summed E-state index contributed by atoms with van der Waals surface area (Å²) in [6.07, 6.45) is -4.48. The lowest BCUT2D eigenvalue weighted by Crippen LogP contribution is -2.28. The molecule has 10 heteroatoms. The van der Waals surface area contributed by atoms with E-state index in [0.717, 1.165) is 12.1 Å². The van der Waals surface area contributed by atoms with Crippen molar-refractivity contribution >= 4 is 10.0 Å². The van der Waals surface area contributed by atoms with Gasteiger partial charge in [-0.1, -0.05) is 6.07 Å². The van der Waals surface area contributed by atoms with Gasteiger partial charge in [0.2, 0.25) is 10.0 Å². The molecule has 0 amide bonds. The molecule has 0 fully saturated rings. The summed E-state index contributed by atoms with van der Waals surface area (Å²) in [5.74, 6) is 0.446. The first-order chi connectivity index (χ1) is 12.7. The highest BCUT2D eigenvalue weighted by molar-refractivity contribution is 7.89. The summed E-state index contributed by atoms with van der Waals surface area (Å²) < 4.78 is 80.4. The molecule has 148 valence electrons. The molecule has 27 heavy (non-hydrogen) atoms. The minimum atomic E-state index is -4.48. The molecular weight excluding hydrogens is 387 g/mol. The van der Waals surface area contributed by atoms with Crippen LogP contribution in [0.2, 0.25) is 0 Å². The number of alkyl halides is 3. The first kappa shape index (κ1) is 20.8. The summed E-state index contributed by atoms with van der Waals surface area (Å²) in [6.45, 7) is -0.314. The molecule has 0 spiro atoms. The van der Waals surface area contributed by atoms with E-state index in [1.807, 2.05) is 0 Å². The van der Waals surface area contributed by atoms with Crippen LogP contribution in [-0.2, 0) is 16.2 Å². The Balaban J connectivity index is 2.01. The molecule has 0 unspecified atom stereocenters. The molecule has 0 aromatic heterocycles. The van der Waals surface area contributed by atoms with Crippen molar-refractivity contribution < 1.29 is 35.8 Å². The molecule has 2 aromatic rings. The molecule has 6 nitrogen and oxygen atoms in total. The van der Waals surface area contributed by atoms with Gasteiger partial charge in [0.15, 0.2) is 0 Å². The van der Waals surface area contributed by atoms with Crippen LogP contribution in [0.4, 0.5) is 13.2 Å². The first-order valence-electron chi connectivity index (χ1n) is 7.69. The third kappa shape index (κ3) is 5.51. The van der Waals surface area contributed by atoms with Crippen LogP contribution in [0.3, 0.4) is 0 Å². The molecule has 0 aliphatic heterocycles. The van der Waals surface area contributed by atoms with Crippen molar-refractivity contribution in [2.45, 2.75) is 11.1 Å². The summed E-state index contributed by atoms with van der Waals surface area (Å²) in [7, 11) is -1.21.